The molecular weight excluding hydrogens is 480 g/mol. The van der Waals surface area contributed by atoms with Crippen LogP contribution in [0.4, 0.5) is 5.82 Å². The van der Waals surface area contributed by atoms with Gasteiger partial charge in [-0.25, -0.2) is 14.6 Å². The number of carbonyl (C=O) groups is 1. The van der Waals surface area contributed by atoms with Crippen molar-refractivity contribution in [2.45, 2.75) is 19.3 Å². The normalized spacial score (nSPS) is 14.2. The largest absolute Gasteiger partial charge is 0.354 e. The van der Waals surface area contributed by atoms with Crippen LogP contribution >= 0.6 is 11.3 Å². The van der Waals surface area contributed by atoms with Gasteiger partial charge < -0.3 is 9.80 Å². The molecule has 2 aromatic carbocycles. The van der Waals surface area contributed by atoms with Gasteiger partial charge in [-0.2, -0.15) is 5.10 Å². The predicted molar refractivity (Wildman–Crippen MR) is 147 cm³/mol. The van der Waals surface area contributed by atoms with Gasteiger partial charge in [0.05, 0.1) is 23.7 Å². The zero-order chi connectivity index (χ0) is 25.0. The van der Waals surface area contributed by atoms with Crippen LogP contribution in [-0.4, -0.2) is 56.7 Å². The molecule has 37 heavy (non-hydrogen) atoms. The third-order valence-electron chi connectivity index (χ3n) is 6.71. The number of carbonyl (C=O) groups excluding carboxylic acids is 1. The highest BCUT2D eigenvalue weighted by Gasteiger charge is 2.24. The molecule has 1 aliphatic rings. The van der Waals surface area contributed by atoms with E-state index in [0.717, 1.165) is 59.3 Å². The van der Waals surface area contributed by atoms with E-state index < -0.39 is 0 Å². The van der Waals surface area contributed by atoms with E-state index in [1.165, 1.54) is 5.56 Å². The Morgan fingerprint density at radius 3 is 2.46 bits per heavy atom. The summed E-state index contributed by atoms with van der Waals surface area (Å²) in [4.78, 5) is 28.4. The molecule has 0 unspecified atom stereocenters. The number of nitrogens with zero attached hydrogens (tertiary/aromatic N) is 6. The van der Waals surface area contributed by atoms with Crippen LogP contribution < -0.4 is 4.90 Å². The summed E-state index contributed by atoms with van der Waals surface area (Å²) in [5.41, 5.74) is 2.94. The van der Waals surface area contributed by atoms with Gasteiger partial charge in [-0.1, -0.05) is 54.6 Å². The summed E-state index contributed by atoms with van der Waals surface area (Å²) in [7, 11) is 0. The van der Waals surface area contributed by atoms with Crippen molar-refractivity contribution < 1.29 is 4.79 Å². The van der Waals surface area contributed by atoms with Crippen molar-refractivity contribution in [3.8, 4) is 5.69 Å². The summed E-state index contributed by atoms with van der Waals surface area (Å²) >= 11 is 1.64. The average Bonchev–Trinajstić information content (AvgIpc) is 3.53. The highest BCUT2D eigenvalue weighted by atomic mass is 32.1. The smallest absolute Gasteiger partial charge is 0.227 e. The fourth-order valence-corrected chi connectivity index (χ4v) is 5.54. The fourth-order valence-electron chi connectivity index (χ4n) is 4.85. The van der Waals surface area contributed by atoms with Crippen molar-refractivity contribution in [2.75, 3.05) is 31.1 Å². The molecule has 4 heterocycles. The number of rotatable bonds is 6. The molecule has 6 rings (SSSR count). The van der Waals surface area contributed by atoms with Crippen LogP contribution in [0.1, 0.15) is 22.7 Å². The summed E-state index contributed by atoms with van der Waals surface area (Å²) in [5.74, 6) is 1.85. The maximum absolute atomic E-state index is 13.0. The Morgan fingerprint density at radius 1 is 0.865 bits per heavy atom. The van der Waals surface area contributed by atoms with Crippen molar-refractivity contribution in [3.63, 3.8) is 0 Å². The zero-order valence-electron chi connectivity index (χ0n) is 20.5. The van der Waals surface area contributed by atoms with Gasteiger partial charge in [0.15, 0.2) is 5.65 Å². The van der Waals surface area contributed by atoms with Crippen LogP contribution in [0.25, 0.3) is 16.7 Å². The van der Waals surface area contributed by atoms with E-state index in [0.29, 0.717) is 19.4 Å². The molecule has 8 heteroatoms. The molecule has 1 saturated heterocycles. The van der Waals surface area contributed by atoms with Crippen molar-refractivity contribution in [3.05, 3.63) is 101 Å². The first kappa shape index (κ1) is 23.4. The molecule has 0 aliphatic carbocycles. The molecule has 0 spiro atoms. The Hall–Kier alpha value is -4.04. The molecule has 1 fully saturated rings. The van der Waals surface area contributed by atoms with Crippen molar-refractivity contribution >= 4 is 34.1 Å². The van der Waals surface area contributed by atoms with Crippen LogP contribution in [0, 0.1) is 0 Å². The number of para-hydroxylation sites is 1. The number of fused-ring (bicyclic) bond motifs is 1. The van der Waals surface area contributed by atoms with Crippen LogP contribution in [0.15, 0.2) is 84.4 Å². The van der Waals surface area contributed by atoms with E-state index in [-0.39, 0.29) is 5.91 Å². The van der Waals surface area contributed by atoms with E-state index >= 15 is 0 Å². The van der Waals surface area contributed by atoms with Crippen LogP contribution in [0.2, 0.25) is 0 Å². The molecule has 5 aromatic rings. The lowest BCUT2D eigenvalue weighted by Gasteiger charge is -2.24. The third kappa shape index (κ3) is 5.11. The van der Waals surface area contributed by atoms with E-state index in [4.69, 9.17) is 15.1 Å². The number of anilines is 1. The Kier molecular flexibility index (Phi) is 6.64. The first-order valence-electron chi connectivity index (χ1n) is 12.6. The van der Waals surface area contributed by atoms with Crippen molar-refractivity contribution in [1.29, 1.82) is 0 Å². The molecule has 0 radical (unpaired) electrons. The lowest BCUT2D eigenvalue weighted by molar-refractivity contribution is -0.130. The number of hydrogen-bond donors (Lipinski definition) is 0. The van der Waals surface area contributed by atoms with Gasteiger partial charge in [0.1, 0.15) is 11.6 Å². The summed E-state index contributed by atoms with van der Waals surface area (Å²) in [6.07, 6.45) is 3.88. The van der Waals surface area contributed by atoms with Crippen LogP contribution in [0.5, 0.6) is 0 Å². The summed E-state index contributed by atoms with van der Waals surface area (Å²) in [6, 6.07) is 24.4. The minimum absolute atomic E-state index is 0.193. The number of thiophene rings is 1. The van der Waals surface area contributed by atoms with Gasteiger partial charge in [0.2, 0.25) is 5.91 Å². The average molecular weight is 509 g/mol. The van der Waals surface area contributed by atoms with Gasteiger partial charge in [-0.05, 0) is 35.6 Å². The van der Waals surface area contributed by atoms with Crippen LogP contribution in [-0.2, 0) is 17.6 Å². The van der Waals surface area contributed by atoms with Gasteiger partial charge >= 0.3 is 0 Å². The number of amides is 1. The Bertz CT molecular complexity index is 1480. The standard InChI is InChI=1S/C29H28N6OS/c36-27(20-24-13-7-18-37-24)33-14-8-15-34(17-16-33)28-25-21-30-35(23-11-5-2-6-12-23)29(25)32-26(31-28)19-22-9-3-1-4-10-22/h1-7,9-13,18,21H,8,14-17,19-20H2. The molecule has 0 bridgehead atoms. The van der Waals surface area contributed by atoms with Gasteiger partial charge in [0.25, 0.3) is 0 Å². The lowest BCUT2D eigenvalue weighted by Crippen LogP contribution is -2.36. The number of hydrogen-bond acceptors (Lipinski definition) is 6. The van der Waals surface area contributed by atoms with Gasteiger partial charge in [-0.15, -0.1) is 11.3 Å². The van der Waals surface area contributed by atoms with Crippen molar-refractivity contribution in [2.24, 2.45) is 0 Å². The van der Waals surface area contributed by atoms with E-state index in [1.807, 2.05) is 81.8 Å². The molecule has 3 aromatic heterocycles. The number of aromatic nitrogens is 4. The maximum atomic E-state index is 13.0. The predicted octanol–water partition coefficient (Wildman–Crippen LogP) is 4.75. The van der Waals surface area contributed by atoms with E-state index in [2.05, 4.69) is 17.0 Å². The molecule has 0 saturated carbocycles. The second-order valence-electron chi connectivity index (χ2n) is 9.23. The first-order chi connectivity index (χ1) is 18.2. The highest BCUT2D eigenvalue weighted by Crippen LogP contribution is 2.27. The van der Waals surface area contributed by atoms with E-state index in [9.17, 15) is 4.79 Å². The van der Waals surface area contributed by atoms with Gasteiger partial charge in [-0.3, -0.25) is 4.79 Å². The fraction of sp³-hybridized carbons (Fsp3) is 0.241. The topological polar surface area (TPSA) is 67.2 Å². The van der Waals surface area contributed by atoms with Crippen LogP contribution in [0.3, 0.4) is 0 Å². The highest BCUT2D eigenvalue weighted by molar-refractivity contribution is 7.10. The second kappa shape index (κ2) is 10.5. The minimum Gasteiger partial charge on any atom is -0.354 e. The zero-order valence-corrected chi connectivity index (χ0v) is 21.3. The molecule has 1 amide bonds. The number of benzene rings is 2. The Balaban J connectivity index is 1.32. The van der Waals surface area contributed by atoms with Gasteiger partial charge in [0, 0.05) is 37.5 Å². The SMILES string of the molecule is O=C(Cc1cccs1)N1CCCN(c2nc(Cc3ccccc3)nc3c2cnn3-c2ccccc2)CC1. The van der Waals surface area contributed by atoms with Crippen molar-refractivity contribution in [1.82, 2.24) is 24.6 Å². The van der Waals surface area contributed by atoms with E-state index in [1.54, 1.807) is 11.3 Å². The molecule has 186 valence electrons. The quantitative estimate of drug-likeness (QED) is 0.331. The lowest BCUT2D eigenvalue weighted by atomic mass is 10.1. The first-order valence-corrected chi connectivity index (χ1v) is 13.5. The molecule has 1 aliphatic heterocycles. The summed E-state index contributed by atoms with van der Waals surface area (Å²) in [6.45, 7) is 2.99. The molecule has 0 atom stereocenters. The second-order valence-corrected chi connectivity index (χ2v) is 10.3. The monoisotopic (exact) mass is 508 g/mol. The third-order valence-corrected chi connectivity index (χ3v) is 7.59. The molecule has 7 nitrogen and oxygen atoms in total. The Morgan fingerprint density at radius 2 is 1.68 bits per heavy atom. The summed E-state index contributed by atoms with van der Waals surface area (Å²) in [5, 5.41) is 7.65. The summed E-state index contributed by atoms with van der Waals surface area (Å²) < 4.78 is 1.89. The Labute approximate surface area is 220 Å². The minimum atomic E-state index is 0.193. The molecule has 0 N–H and O–H groups in total. The maximum Gasteiger partial charge on any atom is 0.227 e. The molecular formula is C29H28N6OS.